The molecular weight excluding hydrogens is 537 g/mol. The molecule has 196 valence electrons. The van der Waals surface area contributed by atoms with Crippen molar-refractivity contribution < 1.29 is 9.59 Å². The van der Waals surface area contributed by atoms with Crippen molar-refractivity contribution in [2.24, 2.45) is 12.8 Å². The van der Waals surface area contributed by atoms with Gasteiger partial charge < -0.3 is 25.9 Å². The fourth-order valence-electron chi connectivity index (χ4n) is 4.38. The molecule has 2 aliphatic rings. The van der Waals surface area contributed by atoms with Gasteiger partial charge in [-0.05, 0) is 36.8 Å². The number of hydrogen-bond donors (Lipinski definition) is 4. The maximum Gasteiger partial charge on any atom is 0.243 e. The first-order valence-corrected chi connectivity index (χ1v) is 11.0. The van der Waals surface area contributed by atoms with Crippen molar-refractivity contribution >= 4 is 76.5 Å². The van der Waals surface area contributed by atoms with Crippen LogP contribution in [0.15, 0.2) is 55.0 Å². The molecule has 0 fully saturated rings. The Morgan fingerprint density at radius 3 is 2.59 bits per heavy atom. The summed E-state index contributed by atoms with van der Waals surface area (Å²) in [6, 6.07) is 13.1. The number of H-pyrrole nitrogens is 1. The molecule has 0 bridgehead atoms. The van der Waals surface area contributed by atoms with E-state index in [1.54, 1.807) is 6.20 Å². The molecule has 0 saturated heterocycles. The Morgan fingerprint density at radius 2 is 1.86 bits per heavy atom. The second kappa shape index (κ2) is 12.2. The fourth-order valence-corrected chi connectivity index (χ4v) is 4.38. The van der Waals surface area contributed by atoms with E-state index in [2.05, 4.69) is 44.2 Å². The van der Waals surface area contributed by atoms with Gasteiger partial charge in [0.1, 0.15) is 5.82 Å². The van der Waals surface area contributed by atoms with Crippen molar-refractivity contribution in [2.75, 3.05) is 11.9 Å². The van der Waals surface area contributed by atoms with Crippen LogP contribution in [0.4, 0.5) is 5.69 Å². The molecule has 5 N–H and O–H groups in total. The minimum absolute atomic E-state index is 0. The number of nitrogens with zero attached hydrogens (tertiary/aromatic N) is 3. The van der Waals surface area contributed by atoms with E-state index in [0.29, 0.717) is 12.1 Å². The third-order valence-corrected chi connectivity index (χ3v) is 6.12. The second-order valence-corrected chi connectivity index (χ2v) is 8.40. The average Bonchev–Trinajstić information content (AvgIpc) is 3.48. The van der Waals surface area contributed by atoms with Gasteiger partial charge >= 0.3 is 0 Å². The molecule has 0 unspecified atom stereocenters. The molecule has 5 rings (SSSR count). The molecule has 2 aromatic carbocycles. The van der Waals surface area contributed by atoms with Crippen LogP contribution < -0.4 is 16.4 Å². The van der Waals surface area contributed by atoms with E-state index in [1.165, 1.54) is 6.33 Å². The van der Waals surface area contributed by atoms with Crippen LogP contribution in [0, 0.1) is 6.92 Å². The van der Waals surface area contributed by atoms with Crippen LogP contribution in [0.25, 0.3) is 33.2 Å². The van der Waals surface area contributed by atoms with Gasteiger partial charge in [0, 0.05) is 52.9 Å². The quantitative estimate of drug-likeness (QED) is 0.249. The van der Waals surface area contributed by atoms with Crippen molar-refractivity contribution in [1.82, 2.24) is 24.8 Å². The lowest BCUT2D eigenvalue weighted by Gasteiger charge is -2.15. The molecule has 3 aromatic rings. The number of aromatic nitrogens is 4. The summed E-state index contributed by atoms with van der Waals surface area (Å²) in [7, 11) is 2.01. The summed E-state index contributed by atoms with van der Waals surface area (Å²) in [5.74, 6) is 0.160. The molecule has 2 amide bonds. The molecule has 3 heterocycles. The molecule has 0 radical (unpaired) electrons. The minimum atomic E-state index is -0.773. The molecule has 37 heavy (non-hydrogen) atoms. The highest BCUT2D eigenvalue weighted by Crippen LogP contribution is 2.38. The average molecular weight is 565 g/mol. The Kier molecular flexibility index (Phi) is 9.88. The molecule has 9 nitrogen and oxygen atoms in total. The highest BCUT2D eigenvalue weighted by molar-refractivity contribution is 6.06. The third kappa shape index (κ3) is 5.80. The Hall–Kier alpha value is -3.37. The maximum atomic E-state index is 12.5. The van der Waals surface area contributed by atoms with Crippen LogP contribution in [0.2, 0.25) is 0 Å². The minimum Gasteiger partial charge on any atom is -0.348 e. The molecule has 1 aromatic heterocycles. The van der Waals surface area contributed by atoms with E-state index in [4.69, 9.17) is 10.7 Å². The number of imidazole rings is 1. The van der Waals surface area contributed by atoms with Gasteiger partial charge in [-0.25, -0.2) is 9.97 Å². The monoisotopic (exact) mass is 563 g/mol. The number of nitrogens with two attached hydrogens (primary N) is 1. The summed E-state index contributed by atoms with van der Waals surface area (Å²) in [4.78, 5) is 36.4. The summed E-state index contributed by atoms with van der Waals surface area (Å²) in [5.41, 5.74) is 11.5. The number of amides is 2. The molecular formula is C25H28Cl3N7O2. The van der Waals surface area contributed by atoms with E-state index < -0.39 is 11.9 Å². The lowest BCUT2D eigenvalue weighted by molar-refractivity contribution is -0.125. The van der Waals surface area contributed by atoms with Gasteiger partial charge in [-0.15, -0.1) is 37.2 Å². The lowest BCUT2D eigenvalue weighted by atomic mass is 10.00. The van der Waals surface area contributed by atoms with Crippen LogP contribution in [0.3, 0.4) is 0 Å². The van der Waals surface area contributed by atoms with Crippen LogP contribution in [-0.4, -0.2) is 43.9 Å². The zero-order chi connectivity index (χ0) is 23.8. The zero-order valence-electron chi connectivity index (χ0n) is 20.1. The predicted molar refractivity (Wildman–Crippen MR) is 153 cm³/mol. The third-order valence-electron chi connectivity index (χ3n) is 6.12. The number of para-hydroxylation sites is 1. The van der Waals surface area contributed by atoms with Gasteiger partial charge in [0.15, 0.2) is 0 Å². The largest absolute Gasteiger partial charge is 0.348 e. The zero-order valence-corrected chi connectivity index (χ0v) is 22.6. The van der Waals surface area contributed by atoms with Crippen molar-refractivity contribution in [3.63, 3.8) is 0 Å². The van der Waals surface area contributed by atoms with E-state index in [0.717, 1.165) is 44.5 Å². The lowest BCUT2D eigenvalue weighted by Crippen LogP contribution is -2.44. The number of pyridine rings is 1. The number of fused-ring (bicyclic) bond motifs is 4. The molecule has 1 atom stereocenters. The number of aromatic amines is 1. The van der Waals surface area contributed by atoms with Crippen molar-refractivity contribution in [1.29, 1.82) is 0 Å². The number of carbonyl (C=O) groups excluding carboxylic acids is 2. The summed E-state index contributed by atoms with van der Waals surface area (Å²) >= 11 is 0. The summed E-state index contributed by atoms with van der Waals surface area (Å²) in [6.45, 7) is 1.92. The van der Waals surface area contributed by atoms with E-state index in [-0.39, 0.29) is 49.7 Å². The molecule has 2 aliphatic heterocycles. The topological polar surface area (TPSA) is 131 Å². The van der Waals surface area contributed by atoms with Crippen molar-refractivity contribution in [3.05, 3.63) is 66.2 Å². The summed E-state index contributed by atoms with van der Waals surface area (Å²) in [6.07, 6.45) is 3.45. The number of carbonyl (C=O) groups is 2. The molecule has 0 saturated carbocycles. The number of benzene rings is 2. The van der Waals surface area contributed by atoms with E-state index in [9.17, 15) is 9.59 Å². The van der Waals surface area contributed by atoms with Crippen LogP contribution in [0.1, 0.15) is 11.3 Å². The Labute approximate surface area is 232 Å². The van der Waals surface area contributed by atoms with Crippen molar-refractivity contribution in [2.45, 2.75) is 19.4 Å². The van der Waals surface area contributed by atoms with Gasteiger partial charge in [-0.1, -0.05) is 18.2 Å². The molecule has 12 heteroatoms. The standard InChI is InChI=1S/C25H25N7O2.3ClH/c1-14-17-5-3-4-6-21(17)32(2)24-23(14)18-9-15(7-8-20(18)31-24)30-22(33)12-28-25(34)19(26)10-16-11-27-13-29-16;;;/h3-9,11,13,19H,10,12,26H2,1-2H3,(H,27,29)(H,28,34)(H,30,33);3*1H/t19-;;;/m0.../s1. The Morgan fingerprint density at radius 1 is 1.11 bits per heavy atom. The first-order chi connectivity index (χ1) is 16.4. The number of anilines is 1. The van der Waals surface area contributed by atoms with E-state index in [1.807, 2.05) is 37.4 Å². The number of hydrogen-bond acceptors (Lipinski definition) is 5. The summed E-state index contributed by atoms with van der Waals surface area (Å²) < 4.78 is 2.10. The fraction of sp³-hybridized carbons (Fsp3) is 0.200. The SMILES string of the molecule is Cc1c2c3cc(NC(=O)CNC(=O)[C@@H](N)Cc4cnc[nH]4)ccc3nc-2n(C)c2ccccc12.Cl.Cl.Cl. The van der Waals surface area contributed by atoms with Crippen LogP contribution >= 0.6 is 37.2 Å². The summed E-state index contributed by atoms with van der Waals surface area (Å²) in [5, 5.41) is 7.57. The predicted octanol–water partition coefficient (Wildman–Crippen LogP) is 3.75. The van der Waals surface area contributed by atoms with Gasteiger partial charge in [0.05, 0.1) is 24.4 Å². The Bertz CT molecular complexity index is 1500. The van der Waals surface area contributed by atoms with Crippen molar-refractivity contribution in [3.8, 4) is 11.4 Å². The van der Waals surface area contributed by atoms with E-state index >= 15 is 0 Å². The highest BCUT2D eigenvalue weighted by atomic mass is 35.5. The number of halogens is 3. The molecule has 0 spiro atoms. The highest BCUT2D eigenvalue weighted by Gasteiger charge is 2.21. The van der Waals surface area contributed by atoms with Crippen LogP contribution in [-0.2, 0) is 23.1 Å². The number of aryl methyl sites for hydroxylation is 2. The first kappa shape index (κ1) is 29.9. The van der Waals surface area contributed by atoms with Gasteiger partial charge in [0.2, 0.25) is 11.8 Å². The Balaban J connectivity index is 0.00000160. The van der Waals surface area contributed by atoms with Gasteiger partial charge in [0.25, 0.3) is 0 Å². The first-order valence-electron chi connectivity index (χ1n) is 11.0. The van der Waals surface area contributed by atoms with Gasteiger partial charge in [-0.3, -0.25) is 9.59 Å². The van der Waals surface area contributed by atoms with Crippen LogP contribution in [0.5, 0.6) is 0 Å². The molecule has 0 aliphatic carbocycles. The smallest absolute Gasteiger partial charge is 0.243 e. The normalized spacial score (nSPS) is 11.3. The maximum absolute atomic E-state index is 12.5. The number of rotatable bonds is 6. The second-order valence-electron chi connectivity index (χ2n) is 8.40. The number of nitrogens with one attached hydrogen (secondary N) is 3. The van der Waals surface area contributed by atoms with Gasteiger partial charge in [-0.2, -0.15) is 0 Å².